The van der Waals surface area contributed by atoms with E-state index in [2.05, 4.69) is 5.32 Å². The molecular formula is C18H24N2O4. The Bertz CT molecular complexity index is 673. The number of methoxy groups -OCH3 is 1. The smallest absolute Gasteiger partial charge is 0.240 e. The van der Waals surface area contributed by atoms with Gasteiger partial charge in [-0.15, -0.1) is 0 Å². The molecule has 130 valence electrons. The van der Waals surface area contributed by atoms with Crippen LogP contribution < -0.4 is 20.5 Å². The van der Waals surface area contributed by atoms with Gasteiger partial charge in [0.25, 0.3) is 0 Å². The van der Waals surface area contributed by atoms with Crippen LogP contribution in [0.15, 0.2) is 18.2 Å². The quantitative estimate of drug-likeness (QED) is 0.852. The Morgan fingerprint density at radius 1 is 1.42 bits per heavy atom. The van der Waals surface area contributed by atoms with Gasteiger partial charge in [0, 0.05) is 16.9 Å². The minimum atomic E-state index is -0.639. The normalized spacial score (nSPS) is 25.6. The van der Waals surface area contributed by atoms with Crippen molar-refractivity contribution >= 4 is 11.8 Å². The number of nitrogens with one attached hydrogen (secondary N) is 1. The molecule has 1 saturated carbocycles. The third-order valence-electron chi connectivity index (χ3n) is 5.19. The van der Waals surface area contributed by atoms with Crippen molar-refractivity contribution in [1.82, 2.24) is 5.32 Å². The standard InChI is InChI=1S/C18H24N2O4/c1-10(2)15(16(19)21)20-17(22)13-9-18(13)6-7-24-14-5-4-11(23-3)8-12(14)18/h4-5,8,10,13,15H,6-7,9H2,1-3H3,(H2,19,21)(H,20,22)/t13-,15-,18-/m1/s1. The van der Waals surface area contributed by atoms with E-state index in [4.69, 9.17) is 15.2 Å². The van der Waals surface area contributed by atoms with Crippen LogP contribution in [0.5, 0.6) is 11.5 Å². The summed E-state index contributed by atoms with van der Waals surface area (Å²) in [4.78, 5) is 24.2. The fourth-order valence-corrected chi connectivity index (χ4v) is 3.67. The highest BCUT2D eigenvalue weighted by Crippen LogP contribution is 2.61. The fourth-order valence-electron chi connectivity index (χ4n) is 3.67. The van der Waals surface area contributed by atoms with Gasteiger partial charge in [-0.25, -0.2) is 0 Å². The predicted octanol–water partition coefficient (Wildman–Crippen LogP) is 1.36. The van der Waals surface area contributed by atoms with Gasteiger partial charge in [0.05, 0.1) is 13.7 Å². The van der Waals surface area contributed by atoms with Crippen LogP contribution in [0.25, 0.3) is 0 Å². The van der Waals surface area contributed by atoms with Crippen molar-refractivity contribution in [1.29, 1.82) is 0 Å². The van der Waals surface area contributed by atoms with E-state index >= 15 is 0 Å². The molecule has 0 aromatic heterocycles. The molecule has 0 bridgehead atoms. The first-order valence-electron chi connectivity index (χ1n) is 8.30. The van der Waals surface area contributed by atoms with Crippen LogP contribution >= 0.6 is 0 Å². The van der Waals surface area contributed by atoms with Gasteiger partial charge in [0.2, 0.25) is 11.8 Å². The topological polar surface area (TPSA) is 90.7 Å². The summed E-state index contributed by atoms with van der Waals surface area (Å²) in [5.41, 5.74) is 6.21. The van der Waals surface area contributed by atoms with Crippen LogP contribution in [0.4, 0.5) is 0 Å². The van der Waals surface area contributed by atoms with Crippen LogP contribution in [0, 0.1) is 11.8 Å². The van der Waals surface area contributed by atoms with Gasteiger partial charge in [-0.1, -0.05) is 13.8 Å². The number of fused-ring (bicyclic) bond motifs is 2. The highest BCUT2D eigenvalue weighted by molar-refractivity contribution is 5.90. The second kappa shape index (κ2) is 6.00. The zero-order valence-electron chi connectivity index (χ0n) is 14.3. The van der Waals surface area contributed by atoms with E-state index in [1.54, 1.807) is 7.11 Å². The van der Waals surface area contributed by atoms with E-state index in [1.165, 1.54) is 0 Å². The molecule has 3 atom stereocenters. The van der Waals surface area contributed by atoms with Gasteiger partial charge in [0.1, 0.15) is 17.5 Å². The Kier molecular flexibility index (Phi) is 4.15. The van der Waals surface area contributed by atoms with Crippen molar-refractivity contribution in [3.63, 3.8) is 0 Å². The lowest BCUT2D eigenvalue weighted by molar-refractivity contribution is -0.129. The maximum atomic E-state index is 12.7. The van der Waals surface area contributed by atoms with E-state index in [0.717, 1.165) is 29.9 Å². The molecule has 3 rings (SSSR count). The number of ether oxygens (including phenoxy) is 2. The summed E-state index contributed by atoms with van der Waals surface area (Å²) in [6.07, 6.45) is 1.54. The van der Waals surface area contributed by atoms with Crippen LogP contribution in [0.2, 0.25) is 0 Å². The first-order valence-corrected chi connectivity index (χ1v) is 8.30. The van der Waals surface area contributed by atoms with Crippen molar-refractivity contribution < 1.29 is 19.1 Å². The molecule has 0 saturated heterocycles. The highest BCUT2D eigenvalue weighted by Gasteiger charge is 2.61. The van der Waals surface area contributed by atoms with Gasteiger partial charge in [-0.3, -0.25) is 9.59 Å². The monoisotopic (exact) mass is 332 g/mol. The zero-order valence-corrected chi connectivity index (χ0v) is 14.3. The third-order valence-corrected chi connectivity index (χ3v) is 5.19. The van der Waals surface area contributed by atoms with Crippen molar-refractivity contribution in [2.24, 2.45) is 17.6 Å². The lowest BCUT2D eigenvalue weighted by Crippen LogP contribution is -2.48. The number of carbonyl (C=O) groups is 2. The van der Waals surface area contributed by atoms with Crippen LogP contribution in [0.1, 0.15) is 32.3 Å². The molecule has 1 aromatic rings. The van der Waals surface area contributed by atoms with Gasteiger partial charge in [-0.2, -0.15) is 0 Å². The predicted molar refractivity (Wildman–Crippen MR) is 88.9 cm³/mol. The fraction of sp³-hybridized carbons (Fsp3) is 0.556. The number of hydrogen-bond donors (Lipinski definition) is 2. The number of carbonyl (C=O) groups excluding carboxylic acids is 2. The van der Waals surface area contributed by atoms with Gasteiger partial charge in [-0.05, 0) is 37.0 Å². The van der Waals surface area contributed by atoms with Gasteiger partial charge in [0.15, 0.2) is 0 Å². The van der Waals surface area contributed by atoms with E-state index in [9.17, 15) is 9.59 Å². The van der Waals surface area contributed by atoms with E-state index in [1.807, 2.05) is 32.0 Å². The SMILES string of the molecule is COc1ccc2c(c1)[C@@]1(CCO2)C[C@@H]1C(=O)N[C@@H](C(N)=O)C(C)C. The number of nitrogens with two attached hydrogens (primary N) is 1. The van der Waals surface area contributed by atoms with Gasteiger partial charge >= 0.3 is 0 Å². The van der Waals surface area contributed by atoms with Crippen molar-refractivity contribution in [3.8, 4) is 11.5 Å². The van der Waals surface area contributed by atoms with E-state index in [-0.39, 0.29) is 23.2 Å². The summed E-state index contributed by atoms with van der Waals surface area (Å²) in [6, 6.07) is 5.06. The minimum Gasteiger partial charge on any atom is -0.497 e. The molecular weight excluding hydrogens is 308 g/mol. The summed E-state index contributed by atoms with van der Waals surface area (Å²) < 4.78 is 11.0. The molecule has 6 nitrogen and oxygen atoms in total. The molecule has 2 amide bonds. The molecule has 1 aromatic carbocycles. The molecule has 0 radical (unpaired) electrons. The lowest BCUT2D eigenvalue weighted by atomic mass is 9.87. The number of benzene rings is 1. The van der Waals surface area contributed by atoms with E-state index < -0.39 is 11.9 Å². The van der Waals surface area contributed by atoms with Crippen LogP contribution in [-0.2, 0) is 15.0 Å². The highest BCUT2D eigenvalue weighted by atomic mass is 16.5. The molecule has 0 unspecified atom stereocenters. The van der Waals surface area contributed by atoms with Crippen LogP contribution in [0.3, 0.4) is 0 Å². The summed E-state index contributed by atoms with van der Waals surface area (Å²) in [6.45, 7) is 4.33. The Balaban J connectivity index is 1.81. The average Bonchev–Trinajstić information content (AvgIpc) is 3.26. The molecule has 1 fully saturated rings. The second-order valence-corrected chi connectivity index (χ2v) is 7.01. The summed E-state index contributed by atoms with van der Waals surface area (Å²) in [5, 5.41) is 2.82. The van der Waals surface area contributed by atoms with Crippen LogP contribution in [-0.4, -0.2) is 31.6 Å². The number of amides is 2. The second-order valence-electron chi connectivity index (χ2n) is 7.01. The van der Waals surface area contributed by atoms with E-state index in [0.29, 0.717) is 6.61 Å². The minimum absolute atomic E-state index is 0.0387. The Morgan fingerprint density at radius 2 is 2.17 bits per heavy atom. The largest absolute Gasteiger partial charge is 0.497 e. The molecule has 6 heteroatoms. The summed E-state index contributed by atoms with van der Waals surface area (Å²) >= 11 is 0. The molecule has 3 N–H and O–H groups in total. The lowest BCUT2D eigenvalue weighted by Gasteiger charge is -2.28. The maximum absolute atomic E-state index is 12.7. The van der Waals surface area contributed by atoms with Gasteiger partial charge < -0.3 is 20.5 Å². The number of rotatable bonds is 5. The average molecular weight is 332 g/mol. The number of primary amides is 1. The summed E-state index contributed by atoms with van der Waals surface area (Å²) in [7, 11) is 1.62. The third kappa shape index (κ3) is 2.70. The Labute approximate surface area is 141 Å². The summed E-state index contributed by atoms with van der Waals surface area (Å²) in [5.74, 6) is 0.760. The first-order chi connectivity index (χ1) is 11.4. The Hall–Kier alpha value is -2.24. The zero-order chi connectivity index (χ0) is 17.5. The molecule has 1 aliphatic carbocycles. The number of hydrogen-bond acceptors (Lipinski definition) is 4. The van der Waals surface area contributed by atoms with Crippen molar-refractivity contribution in [3.05, 3.63) is 23.8 Å². The molecule has 1 heterocycles. The molecule has 1 spiro atoms. The molecule has 1 aliphatic heterocycles. The molecule has 2 aliphatic rings. The Morgan fingerprint density at radius 3 is 2.79 bits per heavy atom. The maximum Gasteiger partial charge on any atom is 0.240 e. The first kappa shape index (κ1) is 16.6. The molecule has 24 heavy (non-hydrogen) atoms. The van der Waals surface area contributed by atoms with Crippen molar-refractivity contribution in [2.75, 3.05) is 13.7 Å². The van der Waals surface area contributed by atoms with Crippen molar-refractivity contribution in [2.45, 2.75) is 38.1 Å².